The van der Waals surface area contributed by atoms with Gasteiger partial charge in [-0.25, -0.2) is 5.84 Å². The van der Waals surface area contributed by atoms with Gasteiger partial charge in [-0.05, 0) is 31.5 Å². The van der Waals surface area contributed by atoms with E-state index in [0.717, 1.165) is 11.3 Å². The Kier molecular flexibility index (Phi) is 3.87. The van der Waals surface area contributed by atoms with Gasteiger partial charge in [0.2, 0.25) is 0 Å². The van der Waals surface area contributed by atoms with Crippen LogP contribution in [-0.2, 0) is 6.61 Å². The van der Waals surface area contributed by atoms with Gasteiger partial charge in [0.15, 0.2) is 0 Å². The number of nitrogens with one attached hydrogen (secondary N) is 1. The molecule has 2 rings (SSSR count). The molecular weight excluding hydrogens is 244 g/mol. The summed E-state index contributed by atoms with van der Waals surface area (Å²) in [6, 6.07) is 7.55. The molecule has 5 heteroatoms. The predicted octanol–water partition coefficient (Wildman–Crippen LogP) is 2.08. The molecule has 5 nitrogen and oxygen atoms in total. The molecule has 3 N–H and O–H groups in total. The van der Waals surface area contributed by atoms with Crippen LogP contribution in [0.3, 0.4) is 0 Å². The third-order valence-corrected chi connectivity index (χ3v) is 2.75. The van der Waals surface area contributed by atoms with Crippen LogP contribution in [-0.4, -0.2) is 5.91 Å². The van der Waals surface area contributed by atoms with Gasteiger partial charge in [0, 0.05) is 0 Å². The first-order valence-corrected chi connectivity index (χ1v) is 5.88. The van der Waals surface area contributed by atoms with E-state index in [1.807, 2.05) is 37.5 Å². The summed E-state index contributed by atoms with van der Waals surface area (Å²) < 4.78 is 10.9. The normalized spacial score (nSPS) is 10.3. The van der Waals surface area contributed by atoms with Crippen LogP contribution in [0.15, 0.2) is 34.9 Å². The number of aryl methyl sites for hydroxylation is 2. The minimum atomic E-state index is -0.387. The van der Waals surface area contributed by atoms with Crippen LogP contribution in [0.1, 0.15) is 27.2 Å². The van der Waals surface area contributed by atoms with Crippen molar-refractivity contribution in [2.45, 2.75) is 20.5 Å². The van der Waals surface area contributed by atoms with Gasteiger partial charge in [-0.2, -0.15) is 0 Å². The molecule has 0 atom stereocenters. The molecule has 1 aromatic heterocycles. The summed E-state index contributed by atoms with van der Waals surface area (Å²) in [5.41, 5.74) is 4.67. The highest BCUT2D eigenvalue weighted by atomic mass is 16.5. The number of ether oxygens (including phenoxy) is 1. The molecule has 0 bridgehead atoms. The molecule has 0 aliphatic carbocycles. The van der Waals surface area contributed by atoms with Gasteiger partial charge in [0.1, 0.15) is 24.4 Å². The minimum absolute atomic E-state index is 0.266. The Hall–Kier alpha value is -2.27. The van der Waals surface area contributed by atoms with Crippen LogP contribution < -0.4 is 16.0 Å². The molecule has 100 valence electrons. The highest BCUT2D eigenvalue weighted by Gasteiger charge is 2.09. The molecule has 0 saturated carbocycles. The molecule has 0 saturated heterocycles. The molecule has 0 aliphatic heterocycles. The topological polar surface area (TPSA) is 77.5 Å². The number of amides is 1. The van der Waals surface area contributed by atoms with Crippen molar-refractivity contribution in [1.82, 2.24) is 5.43 Å². The molecule has 0 radical (unpaired) electrons. The van der Waals surface area contributed by atoms with Crippen LogP contribution in [0.25, 0.3) is 0 Å². The fourth-order valence-electron chi connectivity index (χ4n) is 1.77. The Morgan fingerprint density at radius 3 is 2.84 bits per heavy atom. The maximum atomic E-state index is 11.3. The minimum Gasteiger partial charge on any atom is -0.485 e. The summed E-state index contributed by atoms with van der Waals surface area (Å²) in [4.78, 5) is 11.3. The van der Waals surface area contributed by atoms with Gasteiger partial charge >= 0.3 is 0 Å². The number of nitrogens with two attached hydrogens (primary N) is 1. The second kappa shape index (κ2) is 5.58. The average Bonchev–Trinajstić information content (AvgIpc) is 2.85. The summed E-state index contributed by atoms with van der Waals surface area (Å²) in [7, 11) is 0. The zero-order valence-corrected chi connectivity index (χ0v) is 10.9. The van der Waals surface area contributed by atoms with E-state index in [1.54, 1.807) is 6.07 Å². The number of hydrazine groups is 1. The van der Waals surface area contributed by atoms with Gasteiger partial charge in [0.25, 0.3) is 5.91 Å². The lowest BCUT2D eigenvalue weighted by molar-refractivity contribution is 0.0953. The summed E-state index contributed by atoms with van der Waals surface area (Å²) in [5, 5.41) is 0. The summed E-state index contributed by atoms with van der Waals surface area (Å²) in [6.07, 6.45) is 1.35. The molecule has 0 unspecified atom stereocenters. The molecule has 0 aliphatic rings. The number of nitrogen functional groups attached to an aromatic ring is 1. The Balaban J connectivity index is 2.02. The van der Waals surface area contributed by atoms with Gasteiger partial charge in [-0.1, -0.05) is 17.7 Å². The Bertz CT molecular complexity index is 590. The smallest absolute Gasteiger partial charge is 0.268 e. The van der Waals surface area contributed by atoms with Crippen LogP contribution >= 0.6 is 0 Å². The lowest BCUT2D eigenvalue weighted by Gasteiger charge is -2.08. The van der Waals surface area contributed by atoms with E-state index in [1.165, 1.54) is 11.8 Å². The first-order valence-electron chi connectivity index (χ1n) is 5.88. The van der Waals surface area contributed by atoms with Crippen molar-refractivity contribution >= 4 is 5.91 Å². The van der Waals surface area contributed by atoms with Gasteiger partial charge in [0.05, 0.1) is 5.56 Å². The highest BCUT2D eigenvalue weighted by molar-refractivity contribution is 5.93. The molecular formula is C14H16N2O3. The molecule has 0 fully saturated rings. The number of hydrogen-bond acceptors (Lipinski definition) is 4. The van der Waals surface area contributed by atoms with Crippen LogP contribution in [0.4, 0.5) is 0 Å². The third kappa shape index (κ3) is 3.14. The second-order valence-electron chi connectivity index (χ2n) is 4.33. The molecule has 19 heavy (non-hydrogen) atoms. The average molecular weight is 260 g/mol. The maximum absolute atomic E-state index is 11.3. The number of carbonyl (C=O) groups is 1. The maximum Gasteiger partial charge on any atom is 0.268 e. The van der Waals surface area contributed by atoms with Crippen LogP contribution in [0.5, 0.6) is 5.75 Å². The van der Waals surface area contributed by atoms with Crippen LogP contribution in [0, 0.1) is 13.8 Å². The zero-order chi connectivity index (χ0) is 13.8. The number of carbonyl (C=O) groups excluding carboxylic acids is 1. The largest absolute Gasteiger partial charge is 0.485 e. The Labute approximate surface area is 111 Å². The van der Waals surface area contributed by atoms with Crippen molar-refractivity contribution in [1.29, 1.82) is 0 Å². The first kappa shape index (κ1) is 13.2. The van der Waals surface area contributed by atoms with Crippen molar-refractivity contribution in [3.63, 3.8) is 0 Å². The number of benzene rings is 1. The summed E-state index contributed by atoms with van der Waals surface area (Å²) in [6.45, 7) is 4.28. The lowest BCUT2D eigenvalue weighted by Crippen LogP contribution is -2.29. The number of hydrogen-bond donors (Lipinski definition) is 2. The van der Waals surface area contributed by atoms with E-state index in [-0.39, 0.29) is 12.5 Å². The zero-order valence-electron chi connectivity index (χ0n) is 10.9. The van der Waals surface area contributed by atoms with Gasteiger partial charge in [-0.3, -0.25) is 10.2 Å². The van der Waals surface area contributed by atoms with Crippen molar-refractivity contribution in [3.05, 3.63) is 53.0 Å². The van der Waals surface area contributed by atoms with Crippen molar-refractivity contribution in [2.24, 2.45) is 5.84 Å². The monoisotopic (exact) mass is 260 g/mol. The Morgan fingerprint density at radius 1 is 1.37 bits per heavy atom. The van der Waals surface area contributed by atoms with E-state index in [2.05, 4.69) is 0 Å². The summed E-state index contributed by atoms with van der Waals surface area (Å²) >= 11 is 0. The molecule has 1 aromatic carbocycles. The van der Waals surface area contributed by atoms with Crippen molar-refractivity contribution in [2.75, 3.05) is 0 Å². The van der Waals surface area contributed by atoms with Gasteiger partial charge in [-0.15, -0.1) is 0 Å². The van der Waals surface area contributed by atoms with E-state index in [9.17, 15) is 4.79 Å². The van der Waals surface area contributed by atoms with Crippen molar-refractivity contribution in [3.8, 4) is 5.75 Å². The van der Waals surface area contributed by atoms with E-state index in [0.29, 0.717) is 11.3 Å². The molecule has 2 aromatic rings. The lowest BCUT2D eigenvalue weighted by atomic mass is 10.1. The van der Waals surface area contributed by atoms with Crippen LogP contribution in [0.2, 0.25) is 0 Å². The first-order chi connectivity index (χ1) is 9.10. The molecule has 1 amide bonds. The van der Waals surface area contributed by atoms with Gasteiger partial charge < -0.3 is 9.15 Å². The van der Waals surface area contributed by atoms with E-state index >= 15 is 0 Å². The SMILES string of the molecule is Cc1ccc(OCc2cc(C(=O)NN)co2)c(C)c1. The number of rotatable bonds is 4. The molecule has 1 heterocycles. The molecule has 0 spiro atoms. The predicted molar refractivity (Wildman–Crippen MR) is 70.6 cm³/mol. The fraction of sp³-hybridized carbons (Fsp3) is 0.214. The second-order valence-corrected chi connectivity index (χ2v) is 4.33. The van der Waals surface area contributed by atoms with E-state index < -0.39 is 0 Å². The standard InChI is InChI=1S/C14H16N2O3/c1-9-3-4-13(10(2)5-9)19-8-12-6-11(7-18-12)14(17)16-15/h3-7H,8,15H2,1-2H3,(H,16,17). The summed E-state index contributed by atoms with van der Waals surface area (Å²) in [5.74, 6) is 6.02. The Morgan fingerprint density at radius 2 is 2.16 bits per heavy atom. The van der Waals surface area contributed by atoms with E-state index in [4.69, 9.17) is 15.0 Å². The fourth-order valence-corrected chi connectivity index (χ4v) is 1.77. The number of furan rings is 1. The van der Waals surface area contributed by atoms with Crippen molar-refractivity contribution < 1.29 is 13.9 Å². The third-order valence-electron chi connectivity index (χ3n) is 2.75. The highest BCUT2D eigenvalue weighted by Crippen LogP contribution is 2.20. The quantitative estimate of drug-likeness (QED) is 0.501.